The van der Waals surface area contributed by atoms with Crippen molar-refractivity contribution in [2.24, 2.45) is 0 Å². The van der Waals surface area contributed by atoms with Crippen LogP contribution in [0.1, 0.15) is 36.6 Å². The van der Waals surface area contributed by atoms with Crippen molar-refractivity contribution in [3.05, 3.63) is 26.1 Å². The summed E-state index contributed by atoms with van der Waals surface area (Å²) in [5, 5.41) is 0.785. The van der Waals surface area contributed by atoms with E-state index in [-0.39, 0.29) is 5.56 Å². The lowest BCUT2D eigenvalue weighted by Gasteiger charge is -2.13. The van der Waals surface area contributed by atoms with Crippen LogP contribution in [-0.2, 0) is 0 Å². The Labute approximate surface area is 108 Å². The lowest BCUT2D eigenvalue weighted by atomic mass is 10.2. The molecule has 1 aliphatic rings. The first kappa shape index (κ1) is 11.2. The molecule has 5 heteroatoms. The lowest BCUT2D eigenvalue weighted by molar-refractivity contribution is 0.493. The summed E-state index contributed by atoms with van der Waals surface area (Å²) in [6.07, 6.45) is 4.55. The van der Waals surface area contributed by atoms with Crippen molar-refractivity contribution < 1.29 is 0 Å². The van der Waals surface area contributed by atoms with E-state index in [0.717, 1.165) is 27.9 Å². The monoisotopic (exact) mass is 266 g/mol. The summed E-state index contributed by atoms with van der Waals surface area (Å²) in [6.45, 7) is 2.01. The van der Waals surface area contributed by atoms with Gasteiger partial charge in [-0.3, -0.25) is 9.36 Å². The molecule has 0 atom stereocenters. The SMILES string of the molecule is Cc1cc2c(=O)n(C3CCCC3)c(=S)[nH]c2s1. The van der Waals surface area contributed by atoms with Gasteiger partial charge in [0.05, 0.1) is 5.39 Å². The number of aromatic amines is 1. The topological polar surface area (TPSA) is 37.8 Å². The highest BCUT2D eigenvalue weighted by Gasteiger charge is 2.20. The van der Waals surface area contributed by atoms with Crippen LogP contribution in [0.25, 0.3) is 10.2 Å². The Bertz CT molecular complexity index is 674. The quantitative estimate of drug-likeness (QED) is 0.802. The first-order valence-corrected chi connectivity index (χ1v) is 7.14. The number of thiophene rings is 1. The Morgan fingerprint density at radius 2 is 2.18 bits per heavy atom. The van der Waals surface area contributed by atoms with E-state index in [1.54, 1.807) is 15.9 Å². The van der Waals surface area contributed by atoms with E-state index in [9.17, 15) is 4.79 Å². The minimum Gasteiger partial charge on any atom is -0.323 e. The van der Waals surface area contributed by atoms with Gasteiger partial charge in [-0.2, -0.15) is 0 Å². The van der Waals surface area contributed by atoms with Gasteiger partial charge in [-0.15, -0.1) is 11.3 Å². The van der Waals surface area contributed by atoms with Gasteiger partial charge in [-0.25, -0.2) is 0 Å². The predicted molar refractivity (Wildman–Crippen MR) is 73.5 cm³/mol. The summed E-state index contributed by atoms with van der Waals surface area (Å²) in [4.78, 5) is 17.7. The molecule has 0 bridgehead atoms. The van der Waals surface area contributed by atoms with Gasteiger partial charge in [-0.05, 0) is 38.0 Å². The Morgan fingerprint density at radius 3 is 2.88 bits per heavy atom. The van der Waals surface area contributed by atoms with Crippen LogP contribution in [-0.4, -0.2) is 9.55 Å². The average Bonchev–Trinajstić information content (AvgIpc) is 2.87. The molecule has 0 spiro atoms. The maximum Gasteiger partial charge on any atom is 0.263 e. The molecule has 17 heavy (non-hydrogen) atoms. The van der Waals surface area contributed by atoms with Gasteiger partial charge in [0.25, 0.3) is 5.56 Å². The Hall–Kier alpha value is -0.940. The molecule has 0 unspecified atom stereocenters. The second-order valence-corrected chi connectivity index (χ2v) is 6.29. The van der Waals surface area contributed by atoms with Crippen molar-refractivity contribution in [1.29, 1.82) is 0 Å². The first-order valence-electron chi connectivity index (χ1n) is 5.92. The molecule has 3 rings (SSSR count). The van der Waals surface area contributed by atoms with Crippen LogP contribution in [0.3, 0.4) is 0 Å². The highest BCUT2D eigenvalue weighted by Crippen LogP contribution is 2.29. The summed E-state index contributed by atoms with van der Waals surface area (Å²) >= 11 is 6.92. The van der Waals surface area contributed by atoms with Crippen LogP contribution in [0.4, 0.5) is 0 Å². The molecule has 1 N–H and O–H groups in total. The molecule has 3 nitrogen and oxygen atoms in total. The molecule has 2 aromatic rings. The Balaban J connectivity index is 2.30. The van der Waals surface area contributed by atoms with Gasteiger partial charge < -0.3 is 4.98 Å². The van der Waals surface area contributed by atoms with E-state index in [0.29, 0.717) is 10.8 Å². The van der Waals surface area contributed by atoms with Gasteiger partial charge >= 0.3 is 0 Å². The molecule has 0 amide bonds. The predicted octanol–water partition coefficient (Wildman–Crippen LogP) is 3.54. The Kier molecular flexibility index (Phi) is 2.67. The molecule has 0 aromatic carbocycles. The van der Waals surface area contributed by atoms with E-state index >= 15 is 0 Å². The van der Waals surface area contributed by atoms with Gasteiger partial charge in [0, 0.05) is 10.9 Å². The molecule has 2 heterocycles. The van der Waals surface area contributed by atoms with Crippen molar-refractivity contribution >= 4 is 33.8 Å². The summed E-state index contributed by atoms with van der Waals surface area (Å²) in [5.41, 5.74) is 0.0833. The molecule has 1 fully saturated rings. The second-order valence-electron chi connectivity index (χ2n) is 4.64. The molecule has 0 aliphatic heterocycles. The molecule has 90 valence electrons. The van der Waals surface area contributed by atoms with Crippen LogP contribution in [0, 0.1) is 11.7 Å². The van der Waals surface area contributed by atoms with Crippen molar-refractivity contribution in [2.45, 2.75) is 38.6 Å². The van der Waals surface area contributed by atoms with Gasteiger partial charge in [0.1, 0.15) is 4.83 Å². The highest BCUT2D eigenvalue weighted by atomic mass is 32.1. The van der Waals surface area contributed by atoms with Crippen molar-refractivity contribution in [3.63, 3.8) is 0 Å². The van der Waals surface area contributed by atoms with Crippen LogP contribution in [0.15, 0.2) is 10.9 Å². The fraction of sp³-hybridized carbons (Fsp3) is 0.500. The van der Waals surface area contributed by atoms with Crippen molar-refractivity contribution in [1.82, 2.24) is 9.55 Å². The largest absolute Gasteiger partial charge is 0.323 e. The summed E-state index contributed by atoms with van der Waals surface area (Å²) in [5.74, 6) is 0. The average molecular weight is 266 g/mol. The Morgan fingerprint density at radius 1 is 1.47 bits per heavy atom. The highest BCUT2D eigenvalue weighted by molar-refractivity contribution is 7.71. The summed E-state index contributed by atoms with van der Waals surface area (Å²) in [6, 6.07) is 2.26. The zero-order valence-electron chi connectivity index (χ0n) is 9.66. The number of nitrogens with zero attached hydrogens (tertiary/aromatic N) is 1. The number of nitrogens with one attached hydrogen (secondary N) is 1. The standard InChI is InChI=1S/C12H14N2OS2/c1-7-6-9-10(17-7)13-12(16)14(11(9)15)8-4-2-3-5-8/h6,8H,2-5H2,1H3,(H,13,16). The number of aryl methyl sites for hydroxylation is 1. The minimum absolute atomic E-state index is 0.0833. The number of rotatable bonds is 1. The molecular weight excluding hydrogens is 252 g/mol. The van der Waals surface area contributed by atoms with E-state index in [1.165, 1.54) is 12.8 Å². The van der Waals surface area contributed by atoms with Gasteiger partial charge in [-0.1, -0.05) is 12.8 Å². The maximum absolute atomic E-state index is 12.4. The maximum atomic E-state index is 12.4. The zero-order valence-corrected chi connectivity index (χ0v) is 11.3. The third-order valence-electron chi connectivity index (χ3n) is 3.43. The van der Waals surface area contributed by atoms with Gasteiger partial charge in [0.2, 0.25) is 0 Å². The normalized spacial score (nSPS) is 17.0. The smallest absolute Gasteiger partial charge is 0.263 e. The van der Waals surface area contributed by atoms with Crippen LogP contribution in [0.2, 0.25) is 0 Å². The third kappa shape index (κ3) is 1.77. The number of hydrogen-bond acceptors (Lipinski definition) is 3. The van der Waals surface area contributed by atoms with E-state index in [4.69, 9.17) is 12.2 Å². The van der Waals surface area contributed by atoms with Gasteiger partial charge in [0.15, 0.2) is 4.77 Å². The molecule has 0 radical (unpaired) electrons. The first-order chi connectivity index (χ1) is 8.16. The number of aromatic nitrogens is 2. The summed E-state index contributed by atoms with van der Waals surface area (Å²) in [7, 11) is 0. The van der Waals surface area contributed by atoms with Crippen LogP contribution in [0.5, 0.6) is 0 Å². The van der Waals surface area contributed by atoms with Crippen LogP contribution < -0.4 is 5.56 Å². The molecule has 0 saturated heterocycles. The molecule has 1 aliphatic carbocycles. The van der Waals surface area contributed by atoms with Crippen LogP contribution >= 0.6 is 23.6 Å². The number of hydrogen-bond donors (Lipinski definition) is 1. The fourth-order valence-corrected chi connectivity index (χ4v) is 3.94. The lowest BCUT2D eigenvalue weighted by Crippen LogP contribution is -2.24. The number of fused-ring (bicyclic) bond motifs is 1. The molecular formula is C12H14N2OS2. The number of H-pyrrole nitrogens is 1. The molecule has 1 saturated carbocycles. The fourth-order valence-electron chi connectivity index (χ4n) is 2.64. The third-order valence-corrected chi connectivity index (χ3v) is 4.70. The molecule has 2 aromatic heterocycles. The zero-order chi connectivity index (χ0) is 12.0. The summed E-state index contributed by atoms with van der Waals surface area (Å²) < 4.78 is 2.37. The van der Waals surface area contributed by atoms with Crippen molar-refractivity contribution in [2.75, 3.05) is 0 Å². The second kappa shape index (κ2) is 4.07. The minimum atomic E-state index is 0.0833. The van der Waals surface area contributed by atoms with Crippen molar-refractivity contribution in [3.8, 4) is 0 Å². The van der Waals surface area contributed by atoms with E-state index < -0.39 is 0 Å². The van der Waals surface area contributed by atoms with E-state index in [1.807, 2.05) is 13.0 Å². The van der Waals surface area contributed by atoms with E-state index in [2.05, 4.69) is 4.98 Å².